The van der Waals surface area contributed by atoms with Crippen LogP contribution in [0.15, 0.2) is 48.5 Å². The standard InChI is InChI=1S/C21H24N2O3/c1-15-8-4-5-9-16(15)13-22(2)21(25)17-12-20(24)23(14-17)18-10-6-7-11-19(18)26-3/h4-11,17H,12-14H2,1-3H3. The van der Waals surface area contributed by atoms with E-state index in [9.17, 15) is 9.59 Å². The van der Waals surface area contributed by atoms with Crippen molar-refractivity contribution in [3.63, 3.8) is 0 Å². The van der Waals surface area contributed by atoms with Crippen LogP contribution in [0, 0.1) is 12.8 Å². The number of amides is 2. The molecule has 1 saturated heterocycles. The van der Waals surface area contributed by atoms with Gasteiger partial charge in [0.25, 0.3) is 0 Å². The molecule has 0 spiro atoms. The first-order chi connectivity index (χ1) is 12.5. The molecule has 5 heteroatoms. The number of hydrogen-bond acceptors (Lipinski definition) is 3. The second kappa shape index (κ2) is 7.60. The number of carbonyl (C=O) groups excluding carboxylic acids is 2. The van der Waals surface area contributed by atoms with Crippen molar-refractivity contribution in [2.45, 2.75) is 19.9 Å². The third-order valence-corrected chi connectivity index (χ3v) is 4.90. The number of ether oxygens (including phenoxy) is 1. The fourth-order valence-electron chi connectivity index (χ4n) is 3.39. The summed E-state index contributed by atoms with van der Waals surface area (Å²) in [7, 11) is 3.38. The number of hydrogen-bond donors (Lipinski definition) is 0. The quantitative estimate of drug-likeness (QED) is 0.831. The van der Waals surface area contributed by atoms with Gasteiger partial charge in [-0.3, -0.25) is 9.59 Å². The molecular formula is C21H24N2O3. The average molecular weight is 352 g/mol. The highest BCUT2D eigenvalue weighted by Gasteiger charge is 2.37. The molecule has 0 aromatic heterocycles. The summed E-state index contributed by atoms with van der Waals surface area (Å²) < 4.78 is 5.35. The molecule has 1 unspecified atom stereocenters. The van der Waals surface area contributed by atoms with Crippen LogP contribution < -0.4 is 9.64 Å². The first-order valence-electron chi connectivity index (χ1n) is 8.74. The zero-order valence-electron chi connectivity index (χ0n) is 15.4. The highest BCUT2D eigenvalue weighted by atomic mass is 16.5. The van der Waals surface area contributed by atoms with Gasteiger partial charge in [-0.15, -0.1) is 0 Å². The maximum atomic E-state index is 12.9. The summed E-state index contributed by atoms with van der Waals surface area (Å²) >= 11 is 0. The highest BCUT2D eigenvalue weighted by molar-refractivity contribution is 6.01. The summed E-state index contributed by atoms with van der Waals surface area (Å²) in [6, 6.07) is 15.4. The van der Waals surface area contributed by atoms with Crippen LogP contribution in [-0.2, 0) is 16.1 Å². The number of nitrogens with zero attached hydrogens (tertiary/aromatic N) is 2. The van der Waals surface area contributed by atoms with Crippen LogP contribution >= 0.6 is 0 Å². The lowest BCUT2D eigenvalue weighted by Gasteiger charge is -2.23. The van der Waals surface area contributed by atoms with Crippen molar-refractivity contribution >= 4 is 17.5 Å². The smallest absolute Gasteiger partial charge is 0.228 e. The summed E-state index contributed by atoms with van der Waals surface area (Å²) in [5, 5.41) is 0. The van der Waals surface area contributed by atoms with Crippen LogP contribution in [0.2, 0.25) is 0 Å². The van der Waals surface area contributed by atoms with Crippen LogP contribution in [-0.4, -0.2) is 37.4 Å². The van der Waals surface area contributed by atoms with Gasteiger partial charge in [-0.05, 0) is 30.2 Å². The van der Waals surface area contributed by atoms with Crippen molar-refractivity contribution in [2.24, 2.45) is 5.92 Å². The Morgan fingerprint density at radius 1 is 1.19 bits per heavy atom. The molecular weight excluding hydrogens is 328 g/mol. The van der Waals surface area contributed by atoms with Crippen molar-refractivity contribution in [3.05, 3.63) is 59.7 Å². The van der Waals surface area contributed by atoms with Gasteiger partial charge >= 0.3 is 0 Å². The van der Waals surface area contributed by atoms with E-state index in [0.717, 1.165) is 16.8 Å². The lowest BCUT2D eigenvalue weighted by molar-refractivity contribution is -0.135. The Morgan fingerprint density at radius 3 is 2.62 bits per heavy atom. The molecule has 1 aliphatic heterocycles. The van der Waals surface area contributed by atoms with E-state index in [1.54, 1.807) is 24.0 Å². The molecule has 136 valence electrons. The van der Waals surface area contributed by atoms with E-state index in [0.29, 0.717) is 18.8 Å². The highest BCUT2D eigenvalue weighted by Crippen LogP contribution is 2.33. The maximum Gasteiger partial charge on any atom is 0.228 e. The largest absolute Gasteiger partial charge is 0.495 e. The van der Waals surface area contributed by atoms with Gasteiger partial charge in [-0.2, -0.15) is 0 Å². The molecule has 3 rings (SSSR count). The minimum Gasteiger partial charge on any atom is -0.495 e. The van der Waals surface area contributed by atoms with E-state index in [1.165, 1.54) is 0 Å². The van der Waals surface area contributed by atoms with Crippen LogP contribution in [0.4, 0.5) is 5.69 Å². The summed E-state index contributed by atoms with van der Waals surface area (Å²) in [6.07, 6.45) is 0.231. The number of anilines is 1. The molecule has 2 amide bonds. The van der Waals surface area contributed by atoms with Gasteiger partial charge in [0.05, 0.1) is 18.7 Å². The molecule has 0 saturated carbocycles. The maximum absolute atomic E-state index is 12.9. The molecule has 2 aromatic carbocycles. The van der Waals surface area contributed by atoms with E-state index in [4.69, 9.17) is 4.74 Å². The lowest BCUT2D eigenvalue weighted by atomic mass is 10.1. The fraction of sp³-hybridized carbons (Fsp3) is 0.333. The number of para-hydroxylation sites is 2. The van der Waals surface area contributed by atoms with E-state index in [1.807, 2.05) is 55.5 Å². The molecule has 2 aromatic rings. The zero-order valence-corrected chi connectivity index (χ0v) is 15.4. The van der Waals surface area contributed by atoms with Crippen molar-refractivity contribution in [1.82, 2.24) is 4.90 Å². The lowest BCUT2D eigenvalue weighted by Crippen LogP contribution is -2.34. The number of aryl methyl sites for hydroxylation is 1. The Balaban J connectivity index is 1.71. The second-order valence-electron chi connectivity index (χ2n) is 6.70. The van der Waals surface area contributed by atoms with Crippen LogP contribution in [0.3, 0.4) is 0 Å². The molecule has 0 radical (unpaired) electrons. The van der Waals surface area contributed by atoms with Gasteiger partial charge in [0, 0.05) is 26.6 Å². The number of carbonyl (C=O) groups is 2. The normalized spacial score (nSPS) is 16.7. The summed E-state index contributed by atoms with van der Waals surface area (Å²) in [6.45, 7) is 2.97. The Morgan fingerprint density at radius 2 is 1.88 bits per heavy atom. The predicted octanol–water partition coefficient (Wildman–Crippen LogP) is 3.02. The van der Waals surface area contributed by atoms with Crippen LogP contribution in [0.5, 0.6) is 5.75 Å². The predicted molar refractivity (Wildman–Crippen MR) is 101 cm³/mol. The first-order valence-corrected chi connectivity index (χ1v) is 8.74. The molecule has 0 N–H and O–H groups in total. The summed E-state index contributed by atoms with van der Waals surface area (Å²) in [5.41, 5.74) is 3.00. The van der Waals surface area contributed by atoms with Gasteiger partial charge < -0.3 is 14.5 Å². The molecule has 1 atom stereocenters. The molecule has 1 fully saturated rings. The number of benzene rings is 2. The number of rotatable bonds is 5. The van der Waals surface area contributed by atoms with Crippen molar-refractivity contribution in [2.75, 3.05) is 25.6 Å². The van der Waals surface area contributed by atoms with Crippen molar-refractivity contribution in [3.8, 4) is 5.75 Å². The average Bonchev–Trinajstić information content (AvgIpc) is 3.04. The molecule has 1 heterocycles. The van der Waals surface area contributed by atoms with Gasteiger partial charge in [-0.1, -0.05) is 36.4 Å². The first kappa shape index (κ1) is 18.0. The molecule has 26 heavy (non-hydrogen) atoms. The Hall–Kier alpha value is -2.82. The molecule has 0 bridgehead atoms. The van der Waals surface area contributed by atoms with Crippen molar-refractivity contribution in [1.29, 1.82) is 0 Å². The molecule has 1 aliphatic rings. The van der Waals surface area contributed by atoms with E-state index in [2.05, 4.69) is 0 Å². The minimum atomic E-state index is -0.332. The fourth-order valence-corrected chi connectivity index (χ4v) is 3.39. The summed E-state index contributed by atoms with van der Waals surface area (Å²) in [4.78, 5) is 28.7. The minimum absolute atomic E-state index is 0.000925. The van der Waals surface area contributed by atoms with Gasteiger partial charge in [-0.25, -0.2) is 0 Å². The zero-order chi connectivity index (χ0) is 18.7. The SMILES string of the molecule is COc1ccccc1N1CC(C(=O)N(C)Cc2ccccc2C)CC1=O. The van der Waals surface area contributed by atoms with Gasteiger partial charge in [0.1, 0.15) is 5.75 Å². The monoisotopic (exact) mass is 352 g/mol. The van der Waals surface area contributed by atoms with Gasteiger partial charge in [0.2, 0.25) is 11.8 Å². The third-order valence-electron chi connectivity index (χ3n) is 4.90. The molecule has 5 nitrogen and oxygen atoms in total. The Bertz CT molecular complexity index is 818. The molecule has 0 aliphatic carbocycles. The summed E-state index contributed by atoms with van der Waals surface area (Å²) in [5.74, 6) is 0.264. The number of methoxy groups -OCH3 is 1. The van der Waals surface area contributed by atoms with Gasteiger partial charge in [0.15, 0.2) is 0 Å². The van der Waals surface area contributed by atoms with Crippen LogP contribution in [0.1, 0.15) is 17.5 Å². The van der Waals surface area contributed by atoms with E-state index < -0.39 is 0 Å². The van der Waals surface area contributed by atoms with Crippen molar-refractivity contribution < 1.29 is 14.3 Å². The topological polar surface area (TPSA) is 49.9 Å². The van der Waals surface area contributed by atoms with E-state index in [-0.39, 0.29) is 24.2 Å². The Labute approximate surface area is 154 Å². The van der Waals surface area contributed by atoms with Crippen LogP contribution in [0.25, 0.3) is 0 Å². The van der Waals surface area contributed by atoms with E-state index >= 15 is 0 Å². The second-order valence-corrected chi connectivity index (χ2v) is 6.70. The Kier molecular flexibility index (Phi) is 5.26. The third kappa shape index (κ3) is 3.57.